The first-order chi connectivity index (χ1) is 11.5. The molecule has 2 aromatic carbocycles. The Kier molecular flexibility index (Phi) is 4.51. The molecule has 1 aromatic heterocycles. The molecule has 0 saturated heterocycles. The lowest BCUT2D eigenvalue weighted by molar-refractivity contribution is 0.0914. The minimum Gasteiger partial charge on any atom is -0.497 e. The predicted octanol–water partition coefficient (Wildman–Crippen LogP) is 3.94. The molecule has 124 valence electrons. The molecule has 1 N–H and O–H groups in total. The molecule has 0 saturated carbocycles. The number of ether oxygens (including phenoxy) is 1. The van der Waals surface area contributed by atoms with Crippen molar-refractivity contribution in [2.24, 2.45) is 0 Å². The smallest absolute Gasteiger partial charge is 0.287 e. The fraction of sp³-hybridized carbons (Fsp3) is 0.211. The van der Waals surface area contributed by atoms with Gasteiger partial charge in [-0.25, -0.2) is 4.39 Å². The second-order valence-corrected chi connectivity index (χ2v) is 5.72. The Labute approximate surface area is 139 Å². The monoisotopic (exact) mass is 327 g/mol. The van der Waals surface area contributed by atoms with E-state index in [0.29, 0.717) is 17.4 Å². The molecule has 1 unspecified atom stereocenters. The van der Waals surface area contributed by atoms with E-state index in [0.717, 1.165) is 11.3 Å². The molecule has 0 radical (unpaired) electrons. The topological polar surface area (TPSA) is 51.5 Å². The van der Waals surface area contributed by atoms with Gasteiger partial charge in [0.2, 0.25) is 0 Å². The number of methoxy groups -OCH3 is 1. The number of benzene rings is 2. The number of furan rings is 1. The lowest BCUT2D eigenvalue weighted by Crippen LogP contribution is -2.33. The minimum atomic E-state index is -0.360. The average Bonchev–Trinajstić information content (AvgIpc) is 2.98. The second-order valence-electron chi connectivity index (χ2n) is 5.72. The molecule has 0 fully saturated rings. The van der Waals surface area contributed by atoms with Gasteiger partial charge >= 0.3 is 0 Å². The maximum atomic E-state index is 13.2. The molecule has 0 aliphatic heterocycles. The Bertz CT molecular complexity index is 872. The minimum absolute atomic E-state index is 0.0884. The Morgan fingerprint density at radius 2 is 2.08 bits per heavy atom. The lowest BCUT2D eigenvalue weighted by Gasteiger charge is -2.13. The summed E-state index contributed by atoms with van der Waals surface area (Å²) in [5.74, 6) is 0.280. The standard InChI is InChI=1S/C19H18FNO3/c1-12(8-13-4-3-5-16(9-13)23-2)21-19(22)18-11-14-10-15(20)6-7-17(14)24-18/h3-7,9-12H,8H2,1-2H3,(H,21,22). The molecule has 0 aliphatic rings. The summed E-state index contributed by atoms with van der Waals surface area (Å²) in [7, 11) is 1.62. The molecule has 24 heavy (non-hydrogen) atoms. The zero-order chi connectivity index (χ0) is 17.1. The molecule has 3 rings (SSSR count). The van der Waals surface area contributed by atoms with E-state index in [-0.39, 0.29) is 23.5 Å². The van der Waals surface area contributed by atoms with Gasteiger partial charge in [0, 0.05) is 11.4 Å². The number of rotatable bonds is 5. The van der Waals surface area contributed by atoms with Gasteiger partial charge in [0.25, 0.3) is 5.91 Å². The van der Waals surface area contributed by atoms with Gasteiger partial charge in [0.1, 0.15) is 17.1 Å². The second kappa shape index (κ2) is 6.74. The van der Waals surface area contributed by atoms with E-state index in [9.17, 15) is 9.18 Å². The fourth-order valence-corrected chi connectivity index (χ4v) is 2.63. The maximum Gasteiger partial charge on any atom is 0.287 e. The van der Waals surface area contributed by atoms with Crippen molar-refractivity contribution in [1.29, 1.82) is 0 Å². The van der Waals surface area contributed by atoms with E-state index < -0.39 is 0 Å². The quantitative estimate of drug-likeness (QED) is 0.772. The van der Waals surface area contributed by atoms with Crippen molar-refractivity contribution in [3.8, 4) is 5.75 Å². The first-order valence-corrected chi connectivity index (χ1v) is 7.68. The van der Waals surface area contributed by atoms with Gasteiger partial charge < -0.3 is 14.5 Å². The molecular formula is C19H18FNO3. The Balaban J connectivity index is 1.68. The molecule has 1 heterocycles. The van der Waals surface area contributed by atoms with Crippen LogP contribution in [0.1, 0.15) is 23.0 Å². The van der Waals surface area contributed by atoms with Crippen molar-refractivity contribution in [2.75, 3.05) is 7.11 Å². The van der Waals surface area contributed by atoms with Gasteiger partial charge in [-0.05, 0) is 55.3 Å². The third-order valence-electron chi connectivity index (χ3n) is 3.76. The highest BCUT2D eigenvalue weighted by molar-refractivity contribution is 5.96. The summed E-state index contributed by atoms with van der Waals surface area (Å²) in [5, 5.41) is 3.46. The van der Waals surface area contributed by atoms with Crippen molar-refractivity contribution in [3.63, 3.8) is 0 Å². The van der Waals surface area contributed by atoms with E-state index in [1.807, 2.05) is 31.2 Å². The molecule has 3 aromatic rings. The number of carbonyl (C=O) groups is 1. The van der Waals surface area contributed by atoms with Crippen LogP contribution in [0.3, 0.4) is 0 Å². The van der Waals surface area contributed by atoms with Crippen LogP contribution in [-0.4, -0.2) is 19.1 Å². The van der Waals surface area contributed by atoms with Crippen LogP contribution >= 0.6 is 0 Å². The summed E-state index contributed by atoms with van der Waals surface area (Å²) in [6.07, 6.45) is 0.664. The van der Waals surface area contributed by atoms with Crippen molar-refractivity contribution in [1.82, 2.24) is 5.32 Å². The van der Waals surface area contributed by atoms with Crippen molar-refractivity contribution >= 4 is 16.9 Å². The van der Waals surface area contributed by atoms with E-state index in [1.54, 1.807) is 13.2 Å². The van der Waals surface area contributed by atoms with Crippen LogP contribution in [0.4, 0.5) is 4.39 Å². The summed E-state index contributed by atoms with van der Waals surface area (Å²) in [4.78, 5) is 12.3. The number of amides is 1. The van der Waals surface area contributed by atoms with Crippen molar-refractivity contribution in [2.45, 2.75) is 19.4 Å². The van der Waals surface area contributed by atoms with Crippen LogP contribution < -0.4 is 10.1 Å². The van der Waals surface area contributed by atoms with Crippen LogP contribution in [0.5, 0.6) is 5.75 Å². The van der Waals surface area contributed by atoms with Gasteiger partial charge in [0.05, 0.1) is 7.11 Å². The predicted molar refractivity (Wildman–Crippen MR) is 89.8 cm³/mol. The molecule has 0 spiro atoms. The SMILES string of the molecule is COc1cccc(CC(C)NC(=O)c2cc3cc(F)ccc3o2)c1. The summed E-state index contributed by atoms with van der Waals surface area (Å²) < 4.78 is 23.9. The highest BCUT2D eigenvalue weighted by atomic mass is 19.1. The van der Waals surface area contributed by atoms with E-state index in [1.165, 1.54) is 18.2 Å². The van der Waals surface area contributed by atoms with Crippen molar-refractivity contribution in [3.05, 3.63) is 65.7 Å². The first-order valence-electron chi connectivity index (χ1n) is 7.68. The van der Waals surface area contributed by atoms with Gasteiger partial charge in [-0.1, -0.05) is 12.1 Å². The normalized spacial score (nSPS) is 12.1. The first kappa shape index (κ1) is 16.1. The Morgan fingerprint density at radius 3 is 2.88 bits per heavy atom. The number of hydrogen-bond acceptors (Lipinski definition) is 3. The maximum absolute atomic E-state index is 13.2. The van der Waals surface area contributed by atoms with E-state index in [4.69, 9.17) is 9.15 Å². The van der Waals surface area contributed by atoms with Gasteiger partial charge in [0.15, 0.2) is 5.76 Å². The van der Waals surface area contributed by atoms with Crippen LogP contribution in [0.25, 0.3) is 11.0 Å². The number of nitrogens with one attached hydrogen (secondary N) is 1. The fourth-order valence-electron chi connectivity index (χ4n) is 2.63. The third-order valence-corrected chi connectivity index (χ3v) is 3.76. The summed E-state index contributed by atoms with van der Waals surface area (Å²) in [6.45, 7) is 1.92. The molecule has 1 atom stereocenters. The molecular weight excluding hydrogens is 309 g/mol. The van der Waals surface area contributed by atoms with Gasteiger partial charge in [-0.3, -0.25) is 4.79 Å². The van der Waals surface area contributed by atoms with Crippen LogP contribution in [0.2, 0.25) is 0 Å². The largest absolute Gasteiger partial charge is 0.497 e. The molecule has 5 heteroatoms. The highest BCUT2D eigenvalue weighted by Crippen LogP contribution is 2.20. The van der Waals surface area contributed by atoms with E-state index in [2.05, 4.69) is 5.32 Å². The molecule has 0 bridgehead atoms. The van der Waals surface area contributed by atoms with Crippen molar-refractivity contribution < 1.29 is 18.3 Å². The van der Waals surface area contributed by atoms with Gasteiger partial charge in [-0.15, -0.1) is 0 Å². The zero-order valence-corrected chi connectivity index (χ0v) is 13.5. The lowest BCUT2D eigenvalue weighted by atomic mass is 10.1. The van der Waals surface area contributed by atoms with E-state index >= 15 is 0 Å². The zero-order valence-electron chi connectivity index (χ0n) is 13.5. The summed E-state index contributed by atoms with van der Waals surface area (Å²) >= 11 is 0. The number of fused-ring (bicyclic) bond motifs is 1. The Hall–Kier alpha value is -2.82. The number of halogens is 1. The molecule has 4 nitrogen and oxygen atoms in total. The average molecular weight is 327 g/mol. The van der Waals surface area contributed by atoms with Crippen LogP contribution in [0.15, 0.2) is 52.9 Å². The van der Waals surface area contributed by atoms with Gasteiger partial charge in [-0.2, -0.15) is 0 Å². The molecule has 1 amide bonds. The third kappa shape index (κ3) is 3.56. The number of hydrogen-bond donors (Lipinski definition) is 1. The van der Waals surface area contributed by atoms with Crippen LogP contribution in [-0.2, 0) is 6.42 Å². The highest BCUT2D eigenvalue weighted by Gasteiger charge is 2.15. The summed E-state index contributed by atoms with van der Waals surface area (Å²) in [5.41, 5.74) is 1.55. The van der Waals surface area contributed by atoms with Crippen LogP contribution in [0, 0.1) is 5.82 Å². The Morgan fingerprint density at radius 1 is 1.25 bits per heavy atom. The molecule has 0 aliphatic carbocycles. The summed E-state index contributed by atoms with van der Waals surface area (Å²) in [6, 6.07) is 13.3. The number of carbonyl (C=O) groups excluding carboxylic acids is 1.